The average molecular weight is 375 g/mol. The quantitative estimate of drug-likeness (QED) is 0.872. The van der Waals surface area contributed by atoms with Gasteiger partial charge in [0.15, 0.2) is 0 Å². The number of nitrogens with zero attached hydrogens (tertiary/aromatic N) is 3. The number of hydrogen-bond acceptors (Lipinski definition) is 4. The van der Waals surface area contributed by atoms with Gasteiger partial charge in [0, 0.05) is 30.4 Å². The minimum atomic E-state index is -0.0499. The first-order chi connectivity index (χ1) is 12.3. The van der Waals surface area contributed by atoms with Gasteiger partial charge in [0.1, 0.15) is 5.69 Å². The molecule has 0 unspecified atom stereocenters. The van der Waals surface area contributed by atoms with Crippen molar-refractivity contribution in [3.8, 4) is 0 Å². The van der Waals surface area contributed by atoms with E-state index >= 15 is 0 Å². The number of nitrogens with one attached hydrogen (secondary N) is 1. The van der Waals surface area contributed by atoms with Gasteiger partial charge in [-0.25, -0.2) is 0 Å². The number of rotatable bonds is 5. The second-order valence-corrected chi connectivity index (χ2v) is 9.33. The van der Waals surface area contributed by atoms with Gasteiger partial charge in [-0.1, -0.05) is 26.8 Å². The second-order valence-electron chi connectivity index (χ2n) is 8.30. The molecule has 3 rings (SSSR count). The molecule has 0 saturated carbocycles. The number of amides is 1. The number of hydrogen-bond donors (Lipinski definition) is 1. The third kappa shape index (κ3) is 4.74. The molecule has 1 fully saturated rings. The summed E-state index contributed by atoms with van der Waals surface area (Å²) in [5, 5.41) is 9.75. The average Bonchev–Trinajstić information content (AvgIpc) is 3.23. The lowest BCUT2D eigenvalue weighted by molar-refractivity contribution is 0.0926. The number of aryl methyl sites for hydroxylation is 1. The summed E-state index contributed by atoms with van der Waals surface area (Å²) in [6.07, 6.45) is 2.29. The molecule has 0 aliphatic carbocycles. The minimum absolute atomic E-state index is 0.0171. The minimum Gasteiger partial charge on any atom is -0.350 e. The molecule has 1 N–H and O–H groups in total. The lowest BCUT2D eigenvalue weighted by atomic mass is 9.92. The van der Waals surface area contributed by atoms with Gasteiger partial charge >= 0.3 is 0 Å². The Morgan fingerprint density at radius 3 is 2.65 bits per heavy atom. The van der Waals surface area contributed by atoms with E-state index in [1.807, 2.05) is 24.5 Å². The summed E-state index contributed by atoms with van der Waals surface area (Å²) >= 11 is 1.83. The first-order valence-corrected chi connectivity index (χ1v) is 10.3. The van der Waals surface area contributed by atoms with Crippen molar-refractivity contribution in [1.82, 2.24) is 20.0 Å². The zero-order chi connectivity index (χ0) is 18.7. The Kier molecular flexibility index (Phi) is 5.82. The maximum Gasteiger partial charge on any atom is 0.269 e. The molecule has 1 saturated heterocycles. The highest BCUT2D eigenvalue weighted by Gasteiger charge is 2.23. The summed E-state index contributed by atoms with van der Waals surface area (Å²) in [5.41, 5.74) is 1.54. The van der Waals surface area contributed by atoms with Gasteiger partial charge in [-0.05, 0) is 49.4 Å². The van der Waals surface area contributed by atoms with Crippen LogP contribution in [-0.2, 0) is 19.0 Å². The zero-order valence-electron chi connectivity index (χ0n) is 16.3. The molecule has 26 heavy (non-hydrogen) atoms. The smallest absolute Gasteiger partial charge is 0.269 e. The number of aromatic nitrogens is 2. The van der Waals surface area contributed by atoms with E-state index < -0.39 is 0 Å². The Bertz CT molecular complexity index is 722. The summed E-state index contributed by atoms with van der Waals surface area (Å²) in [4.78, 5) is 16.5. The van der Waals surface area contributed by atoms with Gasteiger partial charge in [-0.3, -0.25) is 14.4 Å². The Labute approximate surface area is 160 Å². The zero-order valence-corrected chi connectivity index (χ0v) is 17.1. The fourth-order valence-electron chi connectivity index (χ4n) is 3.35. The maximum atomic E-state index is 12.5. The molecule has 0 spiro atoms. The van der Waals surface area contributed by atoms with Crippen molar-refractivity contribution in [2.24, 2.45) is 13.0 Å². The predicted octanol–water partition coefficient (Wildman–Crippen LogP) is 3.42. The van der Waals surface area contributed by atoms with Crippen LogP contribution < -0.4 is 5.32 Å². The van der Waals surface area contributed by atoms with Crippen LogP contribution in [0.2, 0.25) is 0 Å². The van der Waals surface area contributed by atoms with Gasteiger partial charge in [-0.15, -0.1) is 11.3 Å². The van der Waals surface area contributed by atoms with E-state index in [2.05, 4.69) is 53.6 Å². The topological polar surface area (TPSA) is 50.2 Å². The Morgan fingerprint density at radius 2 is 2.08 bits per heavy atom. The van der Waals surface area contributed by atoms with Gasteiger partial charge in [0.05, 0.1) is 5.69 Å². The largest absolute Gasteiger partial charge is 0.350 e. The lowest BCUT2D eigenvalue weighted by Gasteiger charge is -2.31. The predicted molar refractivity (Wildman–Crippen MR) is 107 cm³/mol. The molecule has 2 aromatic rings. The number of likely N-dealkylation sites (tertiary alicyclic amines) is 1. The third-order valence-electron chi connectivity index (χ3n) is 5.10. The SMILES string of the molecule is Cn1nc(C(C)(C)C)cc1C(=O)NCC1CCN(Cc2cccs2)CC1. The summed E-state index contributed by atoms with van der Waals surface area (Å²) in [6.45, 7) is 10.4. The summed E-state index contributed by atoms with van der Waals surface area (Å²) in [5.74, 6) is 0.547. The number of piperidine rings is 1. The third-order valence-corrected chi connectivity index (χ3v) is 5.96. The van der Waals surface area contributed by atoms with Crippen LogP contribution in [0.25, 0.3) is 0 Å². The molecule has 0 radical (unpaired) electrons. The van der Waals surface area contributed by atoms with E-state index in [-0.39, 0.29) is 11.3 Å². The van der Waals surface area contributed by atoms with Crippen molar-refractivity contribution >= 4 is 17.2 Å². The number of carbonyl (C=O) groups excluding carboxylic acids is 1. The Morgan fingerprint density at radius 1 is 1.35 bits per heavy atom. The molecule has 0 atom stereocenters. The van der Waals surface area contributed by atoms with Gasteiger partial charge in [0.2, 0.25) is 0 Å². The van der Waals surface area contributed by atoms with Crippen LogP contribution in [0.5, 0.6) is 0 Å². The van der Waals surface area contributed by atoms with Crippen molar-refractivity contribution in [1.29, 1.82) is 0 Å². The highest BCUT2D eigenvalue weighted by atomic mass is 32.1. The molecule has 5 nitrogen and oxygen atoms in total. The van der Waals surface area contributed by atoms with E-state index in [1.54, 1.807) is 4.68 Å². The van der Waals surface area contributed by atoms with E-state index in [0.29, 0.717) is 11.6 Å². The normalized spacial score (nSPS) is 16.8. The van der Waals surface area contributed by atoms with Gasteiger partial charge < -0.3 is 5.32 Å². The van der Waals surface area contributed by atoms with Crippen LogP contribution in [0, 0.1) is 5.92 Å². The van der Waals surface area contributed by atoms with Crippen molar-refractivity contribution in [2.45, 2.75) is 45.6 Å². The number of carbonyl (C=O) groups is 1. The molecule has 1 amide bonds. The van der Waals surface area contributed by atoms with Crippen LogP contribution in [0.1, 0.15) is 54.7 Å². The molecule has 2 aromatic heterocycles. The summed E-state index contributed by atoms with van der Waals surface area (Å²) in [7, 11) is 1.84. The van der Waals surface area contributed by atoms with Crippen molar-refractivity contribution < 1.29 is 4.79 Å². The second kappa shape index (κ2) is 7.92. The molecule has 6 heteroatoms. The Balaban J connectivity index is 1.46. The van der Waals surface area contributed by atoms with E-state index in [1.165, 1.54) is 4.88 Å². The molecule has 1 aliphatic rings. The Hall–Kier alpha value is -1.66. The molecule has 0 aromatic carbocycles. The highest BCUT2D eigenvalue weighted by Crippen LogP contribution is 2.22. The van der Waals surface area contributed by atoms with Crippen LogP contribution in [0.3, 0.4) is 0 Å². The first-order valence-electron chi connectivity index (χ1n) is 9.40. The number of thiophene rings is 1. The lowest BCUT2D eigenvalue weighted by Crippen LogP contribution is -2.38. The summed E-state index contributed by atoms with van der Waals surface area (Å²) in [6, 6.07) is 6.24. The van der Waals surface area contributed by atoms with E-state index in [4.69, 9.17) is 0 Å². The highest BCUT2D eigenvalue weighted by molar-refractivity contribution is 7.09. The molecular weight excluding hydrogens is 344 g/mol. The molecule has 1 aliphatic heterocycles. The monoisotopic (exact) mass is 374 g/mol. The molecule has 142 valence electrons. The van der Waals surface area contributed by atoms with Crippen molar-refractivity contribution in [2.75, 3.05) is 19.6 Å². The molecule has 0 bridgehead atoms. The maximum absolute atomic E-state index is 12.5. The van der Waals surface area contributed by atoms with Crippen molar-refractivity contribution in [3.05, 3.63) is 39.8 Å². The van der Waals surface area contributed by atoms with Gasteiger partial charge in [0.25, 0.3) is 5.91 Å². The fourth-order valence-corrected chi connectivity index (χ4v) is 4.09. The van der Waals surface area contributed by atoms with Crippen LogP contribution in [-0.4, -0.2) is 40.2 Å². The molecular formula is C20H30N4OS. The van der Waals surface area contributed by atoms with Crippen molar-refractivity contribution in [3.63, 3.8) is 0 Å². The summed E-state index contributed by atoms with van der Waals surface area (Å²) < 4.78 is 1.69. The van der Waals surface area contributed by atoms with E-state index in [0.717, 1.165) is 44.7 Å². The first kappa shape index (κ1) is 19.1. The van der Waals surface area contributed by atoms with Crippen LogP contribution in [0.4, 0.5) is 0 Å². The van der Waals surface area contributed by atoms with Crippen LogP contribution in [0.15, 0.2) is 23.6 Å². The fraction of sp³-hybridized carbons (Fsp3) is 0.600. The standard InChI is InChI=1S/C20H30N4OS/c1-20(2,3)18-12-17(23(4)22-18)19(25)21-13-15-7-9-24(10-8-15)14-16-6-5-11-26-16/h5-6,11-12,15H,7-10,13-14H2,1-4H3,(H,21,25). The molecule has 3 heterocycles. The van der Waals surface area contributed by atoms with E-state index in [9.17, 15) is 4.79 Å². The van der Waals surface area contributed by atoms with Gasteiger partial charge in [-0.2, -0.15) is 5.10 Å². The van der Waals surface area contributed by atoms with Crippen LogP contribution >= 0.6 is 11.3 Å².